The Kier molecular flexibility index (Phi) is 4.12. The first-order chi connectivity index (χ1) is 11.5. The highest BCUT2D eigenvalue weighted by Gasteiger charge is 2.19. The Labute approximate surface area is 136 Å². The molecular weight excluding hydrogens is 316 g/mol. The number of hydrogen-bond acceptors (Lipinski definition) is 3. The van der Waals surface area contributed by atoms with E-state index in [1.165, 1.54) is 42.5 Å². The van der Waals surface area contributed by atoms with Crippen LogP contribution in [0.25, 0.3) is 22.2 Å². The molecule has 0 amide bonds. The van der Waals surface area contributed by atoms with Crippen molar-refractivity contribution in [2.75, 3.05) is 6.61 Å². The van der Waals surface area contributed by atoms with Crippen LogP contribution in [0.3, 0.4) is 0 Å². The summed E-state index contributed by atoms with van der Waals surface area (Å²) in [5.74, 6) is -2.22. The molecule has 0 radical (unpaired) electrons. The number of benzene rings is 2. The van der Waals surface area contributed by atoms with Gasteiger partial charge in [0, 0.05) is 10.9 Å². The van der Waals surface area contributed by atoms with E-state index in [4.69, 9.17) is 9.84 Å². The molecular formula is C18H13F2NO3. The van der Waals surface area contributed by atoms with E-state index in [2.05, 4.69) is 4.98 Å². The maximum atomic E-state index is 14.8. The Hall–Kier alpha value is -3.02. The zero-order valence-electron chi connectivity index (χ0n) is 12.7. The second kappa shape index (κ2) is 6.23. The van der Waals surface area contributed by atoms with E-state index >= 15 is 0 Å². The first-order valence-corrected chi connectivity index (χ1v) is 7.26. The normalized spacial score (nSPS) is 10.8. The van der Waals surface area contributed by atoms with Crippen LogP contribution in [0.2, 0.25) is 0 Å². The number of carbonyl (C=O) groups is 1. The molecule has 0 spiro atoms. The van der Waals surface area contributed by atoms with E-state index < -0.39 is 17.6 Å². The minimum Gasteiger partial charge on any atom is -0.490 e. The lowest BCUT2D eigenvalue weighted by Crippen LogP contribution is -2.02. The molecule has 3 rings (SSSR count). The van der Waals surface area contributed by atoms with Crippen LogP contribution in [0.1, 0.15) is 17.3 Å². The second-order valence-electron chi connectivity index (χ2n) is 5.08. The monoisotopic (exact) mass is 329 g/mol. The number of ether oxygens (including phenoxy) is 1. The van der Waals surface area contributed by atoms with Crippen molar-refractivity contribution in [2.24, 2.45) is 0 Å². The molecule has 0 aliphatic heterocycles. The third kappa shape index (κ3) is 2.78. The van der Waals surface area contributed by atoms with Gasteiger partial charge in [-0.2, -0.15) is 0 Å². The van der Waals surface area contributed by atoms with Crippen LogP contribution in [-0.4, -0.2) is 22.7 Å². The molecule has 0 saturated heterocycles. The molecule has 3 aromatic rings. The van der Waals surface area contributed by atoms with Gasteiger partial charge in [-0.1, -0.05) is 0 Å². The number of nitrogens with zero attached hydrogens (tertiary/aromatic N) is 1. The van der Waals surface area contributed by atoms with Gasteiger partial charge in [0.1, 0.15) is 11.5 Å². The van der Waals surface area contributed by atoms with E-state index in [0.717, 1.165) is 0 Å². The fraction of sp³-hybridized carbons (Fsp3) is 0.111. The summed E-state index contributed by atoms with van der Waals surface area (Å²) < 4.78 is 33.3. The Balaban J connectivity index is 2.30. The molecule has 0 unspecified atom stereocenters. The summed E-state index contributed by atoms with van der Waals surface area (Å²) in [6.07, 6.45) is 0. The average molecular weight is 329 g/mol. The number of fused-ring (bicyclic) bond motifs is 1. The molecule has 4 nitrogen and oxygen atoms in total. The van der Waals surface area contributed by atoms with Gasteiger partial charge in [-0.05, 0) is 49.4 Å². The van der Waals surface area contributed by atoms with Crippen molar-refractivity contribution < 1.29 is 23.4 Å². The summed E-state index contributed by atoms with van der Waals surface area (Å²) in [6.45, 7) is 1.95. The fourth-order valence-electron chi connectivity index (χ4n) is 2.43. The van der Waals surface area contributed by atoms with Crippen LogP contribution < -0.4 is 4.74 Å². The minimum atomic E-state index is -1.11. The van der Waals surface area contributed by atoms with E-state index in [9.17, 15) is 13.6 Å². The fourth-order valence-corrected chi connectivity index (χ4v) is 2.43. The van der Waals surface area contributed by atoms with Gasteiger partial charge in [0.05, 0.1) is 17.7 Å². The summed E-state index contributed by atoms with van der Waals surface area (Å²) in [5.41, 5.74) is 0.680. The van der Waals surface area contributed by atoms with Crippen LogP contribution in [0.4, 0.5) is 8.78 Å². The SMILES string of the molecule is CCOc1c(F)c(-c2ccc(F)cc2)nc2cc(C(=O)O)ccc12. The second-order valence-corrected chi connectivity index (χ2v) is 5.08. The number of aromatic nitrogens is 1. The molecule has 0 fully saturated rings. The maximum absolute atomic E-state index is 14.8. The number of hydrogen-bond donors (Lipinski definition) is 1. The Morgan fingerprint density at radius 1 is 1.17 bits per heavy atom. The standard InChI is InChI=1S/C18H13F2NO3/c1-2-24-17-13-8-5-11(18(22)23)9-14(13)21-16(15(17)20)10-3-6-12(19)7-4-10/h3-9H,2H2,1H3,(H,22,23). The van der Waals surface area contributed by atoms with E-state index in [0.29, 0.717) is 16.5 Å². The van der Waals surface area contributed by atoms with Gasteiger partial charge in [-0.15, -0.1) is 0 Å². The highest BCUT2D eigenvalue weighted by molar-refractivity contribution is 5.96. The first-order valence-electron chi connectivity index (χ1n) is 7.26. The predicted octanol–water partition coefficient (Wildman–Crippen LogP) is 4.28. The van der Waals surface area contributed by atoms with Crippen molar-refractivity contribution in [3.8, 4) is 17.0 Å². The lowest BCUT2D eigenvalue weighted by Gasteiger charge is -2.13. The third-order valence-corrected chi connectivity index (χ3v) is 3.54. The molecule has 0 bridgehead atoms. The van der Waals surface area contributed by atoms with Gasteiger partial charge in [0.2, 0.25) is 0 Å². The molecule has 0 aliphatic carbocycles. The van der Waals surface area contributed by atoms with Crippen LogP contribution in [0, 0.1) is 11.6 Å². The lowest BCUT2D eigenvalue weighted by atomic mass is 10.1. The van der Waals surface area contributed by atoms with Crippen molar-refractivity contribution in [1.82, 2.24) is 4.98 Å². The molecule has 122 valence electrons. The van der Waals surface area contributed by atoms with Crippen molar-refractivity contribution >= 4 is 16.9 Å². The predicted molar refractivity (Wildman–Crippen MR) is 85.2 cm³/mol. The van der Waals surface area contributed by atoms with E-state index in [1.54, 1.807) is 6.92 Å². The quantitative estimate of drug-likeness (QED) is 0.776. The van der Waals surface area contributed by atoms with Gasteiger partial charge in [-0.3, -0.25) is 0 Å². The lowest BCUT2D eigenvalue weighted by molar-refractivity contribution is 0.0697. The summed E-state index contributed by atoms with van der Waals surface area (Å²) in [7, 11) is 0. The van der Waals surface area contributed by atoms with Crippen LogP contribution in [0.15, 0.2) is 42.5 Å². The van der Waals surface area contributed by atoms with Gasteiger partial charge < -0.3 is 9.84 Å². The Bertz CT molecular complexity index is 924. The minimum absolute atomic E-state index is 0.00114. The summed E-state index contributed by atoms with van der Waals surface area (Å²) in [5, 5.41) is 9.49. The van der Waals surface area contributed by atoms with Crippen LogP contribution in [0.5, 0.6) is 5.75 Å². The highest BCUT2D eigenvalue weighted by atomic mass is 19.1. The maximum Gasteiger partial charge on any atom is 0.335 e. The zero-order valence-corrected chi connectivity index (χ0v) is 12.7. The average Bonchev–Trinajstić information content (AvgIpc) is 2.57. The largest absolute Gasteiger partial charge is 0.490 e. The van der Waals surface area contributed by atoms with Crippen molar-refractivity contribution in [2.45, 2.75) is 6.92 Å². The number of aromatic carboxylic acids is 1. The smallest absolute Gasteiger partial charge is 0.335 e. The molecule has 24 heavy (non-hydrogen) atoms. The molecule has 2 aromatic carbocycles. The van der Waals surface area contributed by atoms with Gasteiger partial charge >= 0.3 is 5.97 Å². The van der Waals surface area contributed by atoms with Crippen LogP contribution in [-0.2, 0) is 0 Å². The number of pyridine rings is 1. The number of carboxylic acid groups (broad SMARTS) is 1. The molecule has 0 aliphatic rings. The number of carboxylic acids is 1. The number of halogens is 2. The van der Waals surface area contributed by atoms with Gasteiger partial charge in [0.25, 0.3) is 0 Å². The third-order valence-electron chi connectivity index (χ3n) is 3.54. The van der Waals surface area contributed by atoms with Crippen molar-refractivity contribution in [3.63, 3.8) is 0 Å². The molecule has 6 heteroatoms. The summed E-state index contributed by atoms with van der Waals surface area (Å²) in [4.78, 5) is 15.4. The van der Waals surface area contributed by atoms with Gasteiger partial charge in [0.15, 0.2) is 11.6 Å². The molecule has 0 saturated carbocycles. The molecule has 1 N–H and O–H groups in total. The number of rotatable bonds is 4. The zero-order chi connectivity index (χ0) is 17.3. The Morgan fingerprint density at radius 3 is 2.50 bits per heavy atom. The van der Waals surface area contributed by atoms with E-state index in [1.807, 2.05) is 0 Å². The molecule has 1 heterocycles. The van der Waals surface area contributed by atoms with Crippen molar-refractivity contribution in [3.05, 3.63) is 59.7 Å². The molecule has 1 aromatic heterocycles. The van der Waals surface area contributed by atoms with E-state index in [-0.39, 0.29) is 23.6 Å². The highest BCUT2D eigenvalue weighted by Crippen LogP contribution is 2.34. The molecule has 0 atom stereocenters. The van der Waals surface area contributed by atoms with Gasteiger partial charge in [-0.25, -0.2) is 18.6 Å². The van der Waals surface area contributed by atoms with Crippen LogP contribution >= 0.6 is 0 Å². The summed E-state index contributed by atoms with van der Waals surface area (Å²) >= 11 is 0. The first kappa shape index (κ1) is 15.9. The topological polar surface area (TPSA) is 59.4 Å². The Morgan fingerprint density at radius 2 is 1.88 bits per heavy atom. The van der Waals surface area contributed by atoms with Crippen molar-refractivity contribution in [1.29, 1.82) is 0 Å². The summed E-state index contributed by atoms with van der Waals surface area (Å²) in [6, 6.07) is 9.41.